The third-order valence-electron chi connectivity index (χ3n) is 1.66. The number of thiol groups is 1. The minimum Gasteiger partial charge on any atom is -0.506 e. The Morgan fingerprint density at radius 1 is 1.42 bits per heavy atom. The van der Waals surface area contributed by atoms with Crippen LogP contribution >= 0.6 is 24.0 Å². The van der Waals surface area contributed by atoms with Crippen LogP contribution in [-0.4, -0.2) is 5.11 Å². The lowest BCUT2D eigenvalue weighted by atomic mass is 10.2. The molecule has 0 saturated carbocycles. The number of aromatic hydroxyl groups is 1. The molecule has 12 heavy (non-hydrogen) atoms. The van der Waals surface area contributed by atoms with Gasteiger partial charge in [-0.05, 0) is 6.07 Å². The van der Waals surface area contributed by atoms with Gasteiger partial charge in [0.25, 0.3) is 0 Å². The Morgan fingerprint density at radius 3 is 2.92 bits per heavy atom. The zero-order valence-corrected chi connectivity index (χ0v) is 7.82. The molecule has 2 aromatic rings. The van der Waals surface area contributed by atoms with Crippen LogP contribution in [0.4, 0.5) is 5.69 Å². The van der Waals surface area contributed by atoms with Gasteiger partial charge in [0.15, 0.2) is 0 Å². The maximum atomic E-state index is 9.46. The Bertz CT molecular complexity index is 436. The van der Waals surface area contributed by atoms with Crippen molar-refractivity contribution in [1.82, 2.24) is 0 Å². The molecule has 2 rings (SSSR count). The van der Waals surface area contributed by atoms with Crippen molar-refractivity contribution >= 4 is 39.7 Å². The number of phenols is 1. The van der Waals surface area contributed by atoms with Gasteiger partial charge >= 0.3 is 0 Å². The van der Waals surface area contributed by atoms with E-state index >= 15 is 0 Å². The van der Waals surface area contributed by atoms with Gasteiger partial charge in [-0.15, -0.1) is 24.0 Å². The number of rotatable bonds is 0. The molecule has 0 aliphatic rings. The number of hydrogen-bond acceptors (Lipinski definition) is 4. The summed E-state index contributed by atoms with van der Waals surface area (Å²) in [5.74, 6) is 0.232. The lowest BCUT2D eigenvalue weighted by Crippen LogP contribution is -1.82. The van der Waals surface area contributed by atoms with E-state index in [0.29, 0.717) is 5.69 Å². The third-order valence-corrected chi connectivity index (χ3v) is 3.22. The van der Waals surface area contributed by atoms with Crippen molar-refractivity contribution in [3.8, 4) is 5.75 Å². The summed E-state index contributed by atoms with van der Waals surface area (Å²) in [5.41, 5.74) is 6.13. The summed E-state index contributed by atoms with van der Waals surface area (Å²) in [4.78, 5) is 0.859. The van der Waals surface area contributed by atoms with E-state index in [4.69, 9.17) is 5.73 Å². The number of benzene rings is 1. The fourth-order valence-electron chi connectivity index (χ4n) is 1.13. The van der Waals surface area contributed by atoms with Gasteiger partial charge in [-0.25, -0.2) is 0 Å². The Hall–Kier alpha value is -0.870. The highest BCUT2D eigenvalue weighted by molar-refractivity contribution is 7.80. The molecule has 0 fully saturated rings. The van der Waals surface area contributed by atoms with Crippen molar-refractivity contribution in [1.29, 1.82) is 0 Å². The van der Waals surface area contributed by atoms with Crippen LogP contribution in [0.25, 0.3) is 10.1 Å². The highest BCUT2D eigenvalue weighted by Crippen LogP contribution is 2.36. The summed E-state index contributed by atoms with van der Waals surface area (Å²) in [6.45, 7) is 0. The van der Waals surface area contributed by atoms with E-state index in [1.807, 2.05) is 11.4 Å². The molecule has 0 aliphatic carbocycles. The summed E-state index contributed by atoms with van der Waals surface area (Å²) in [5, 5.41) is 12.3. The number of nitrogen functional groups attached to an aromatic ring is 1. The van der Waals surface area contributed by atoms with Crippen LogP contribution in [0.5, 0.6) is 5.75 Å². The molecule has 1 heterocycles. The fourth-order valence-corrected chi connectivity index (χ4v) is 2.37. The van der Waals surface area contributed by atoms with E-state index in [2.05, 4.69) is 12.6 Å². The van der Waals surface area contributed by atoms with Gasteiger partial charge in [-0.1, -0.05) is 0 Å². The average molecular weight is 197 g/mol. The highest BCUT2D eigenvalue weighted by Gasteiger charge is 2.05. The zero-order valence-electron chi connectivity index (χ0n) is 6.11. The van der Waals surface area contributed by atoms with Crippen LogP contribution in [0.15, 0.2) is 22.4 Å². The monoisotopic (exact) mass is 197 g/mol. The second-order valence-corrected chi connectivity index (χ2v) is 3.90. The summed E-state index contributed by atoms with van der Waals surface area (Å²) >= 11 is 5.71. The molecule has 0 unspecified atom stereocenters. The standard InChI is InChI=1S/C8H7NOS2/c9-4-1-5-7(11)3-12-8(5)6(10)2-4/h1-3,10-11H,9H2. The van der Waals surface area contributed by atoms with Crippen LogP contribution in [0.2, 0.25) is 0 Å². The van der Waals surface area contributed by atoms with E-state index in [0.717, 1.165) is 15.0 Å². The Morgan fingerprint density at radius 2 is 2.17 bits per heavy atom. The van der Waals surface area contributed by atoms with E-state index in [1.165, 1.54) is 11.3 Å². The summed E-state index contributed by atoms with van der Waals surface area (Å²) < 4.78 is 0.842. The van der Waals surface area contributed by atoms with Gasteiger partial charge in [0.1, 0.15) is 5.75 Å². The Labute approximate surface area is 79.0 Å². The summed E-state index contributed by atoms with van der Waals surface area (Å²) in [7, 11) is 0. The van der Waals surface area contributed by atoms with Crippen molar-refractivity contribution in [3.05, 3.63) is 17.5 Å². The lowest BCUT2D eigenvalue weighted by Gasteiger charge is -1.97. The maximum absolute atomic E-state index is 9.46. The van der Waals surface area contributed by atoms with Crippen LogP contribution in [-0.2, 0) is 0 Å². The first kappa shape index (κ1) is 7.76. The predicted molar refractivity (Wildman–Crippen MR) is 55.2 cm³/mol. The molecule has 0 saturated heterocycles. The molecule has 0 radical (unpaired) electrons. The van der Waals surface area contributed by atoms with Crippen molar-refractivity contribution in [2.24, 2.45) is 0 Å². The molecule has 1 aromatic carbocycles. The van der Waals surface area contributed by atoms with Crippen LogP contribution in [0.1, 0.15) is 0 Å². The van der Waals surface area contributed by atoms with Crippen molar-refractivity contribution in [2.45, 2.75) is 4.90 Å². The second kappa shape index (κ2) is 2.57. The first-order chi connectivity index (χ1) is 5.68. The molecule has 1 aromatic heterocycles. The Kier molecular flexibility index (Phi) is 1.66. The third kappa shape index (κ3) is 1.04. The molecular formula is C8H7NOS2. The number of nitrogens with two attached hydrogens (primary N) is 1. The topological polar surface area (TPSA) is 46.2 Å². The normalized spacial score (nSPS) is 10.8. The molecule has 62 valence electrons. The highest BCUT2D eigenvalue weighted by atomic mass is 32.1. The molecule has 0 aliphatic heterocycles. The van der Waals surface area contributed by atoms with Gasteiger partial charge in [0.2, 0.25) is 0 Å². The smallest absolute Gasteiger partial charge is 0.135 e. The Balaban J connectivity index is 2.92. The van der Waals surface area contributed by atoms with Crippen molar-refractivity contribution in [2.75, 3.05) is 5.73 Å². The van der Waals surface area contributed by atoms with Gasteiger partial charge in [-0.2, -0.15) is 0 Å². The van der Waals surface area contributed by atoms with Crippen molar-refractivity contribution in [3.63, 3.8) is 0 Å². The summed E-state index contributed by atoms with van der Waals surface area (Å²) in [6.07, 6.45) is 0. The maximum Gasteiger partial charge on any atom is 0.135 e. The number of thiophene rings is 1. The lowest BCUT2D eigenvalue weighted by molar-refractivity contribution is 0.483. The zero-order chi connectivity index (χ0) is 8.72. The van der Waals surface area contributed by atoms with Gasteiger partial charge in [-0.3, -0.25) is 0 Å². The molecule has 3 N–H and O–H groups in total. The number of hydrogen-bond donors (Lipinski definition) is 3. The summed E-state index contributed by atoms with van der Waals surface area (Å²) in [6, 6.07) is 3.36. The first-order valence-corrected chi connectivity index (χ1v) is 4.70. The van der Waals surface area contributed by atoms with Crippen LogP contribution in [0, 0.1) is 0 Å². The molecule has 2 nitrogen and oxygen atoms in total. The van der Waals surface area contributed by atoms with Gasteiger partial charge in [0.05, 0.1) is 4.70 Å². The quantitative estimate of drug-likeness (QED) is 0.449. The average Bonchev–Trinajstić information content (AvgIpc) is 2.33. The van der Waals surface area contributed by atoms with E-state index < -0.39 is 0 Å². The molecule has 0 atom stereocenters. The largest absolute Gasteiger partial charge is 0.506 e. The second-order valence-electron chi connectivity index (χ2n) is 2.54. The minimum atomic E-state index is 0.232. The van der Waals surface area contributed by atoms with E-state index in [1.54, 1.807) is 6.07 Å². The predicted octanol–water partition coefficient (Wildman–Crippen LogP) is 2.48. The van der Waals surface area contributed by atoms with Gasteiger partial charge < -0.3 is 10.8 Å². The number of phenolic OH excluding ortho intramolecular Hbond substituents is 1. The molecule has 4 heteroatoms. The number of fused-ring (bicyclic) bond motifs is 1. The van der Waals surface area contributed by atoms with Crippen molar-refractivity contribution < 1.29 is 5.11 Å². The van der Waals surface area contributed by atoms with Crippen LogP contribution in [0.3, 0.4) is 0 Å². The number of anilines is 1. The first-order valence-electron chi connectivity index (χ1n) is 3.37. The van der Waals surface area contributed by atoms with E-state index in [-0.39, 0.29) is 5.75 Å². The molecular weight excluding hydrogens is 190 g/mol. The van der Waals surface area contributed by atoms with Crippen LogP contribution < -0.4 is 5.73 Å². The minimum absolute atomic E-state index is 0.232. The molecule has 0 bridgehead atoms. The molecule has 0 amide bonds. The van der Waals surface area contributed by atoms with E-state index in [9.17, 15) is 5.11 Å². The fraction of sp³-hybridized carbons (Fsp3) is 0. The molecule has 0 spiro atoms. The SMILES string of the molecule is Nc1cc(O)c2scc(S)c2c1. The van der Waals surface area contributed by atoms with Gasteiger partial charge in [0, 0.05) is 27.4 Å².